The monoisotopic (exact) mass is 269 g/mol. The van der Waals surface area contributed by atoms with Crippen LogP contribution in [-0.2, 0) is 9.59 Å². The van der Waals surface area contributed by atoms with E-state index in [0.717, 1.165) is 6.07 Å². The Morgan fingerprint density at radius 3 is 2.53 bits per heavy atom. The number of hydrogen-bond acceptors (Lipinski definition) is 2. The number of halogens is 2. The number of hydrogen-bond donors (Lipinski definition) is 2. The van der Waals surface area contributed by atoms with Gasteiger partial charge >= 0.3 is 5.97 Å². The van der Waals surface area contributed by atoms with E-state index in [1.807, 2.05) is 0 Å². The lowest BCUT2D eigenvalue weighted by Gasteiger charge is -2.18. The molecule has 6 heteroatoms. The van der Waals surface area contributed by atoms with Crippen LogP contribution in [0.25, 0.3) is 0 Å². The highest BCUT2D eigenvalue weighted by Gasteiger charge is 2.57. The summed E-state index contributed by atoms with van der Waals surface area (Å²) in [5.74, 6) is -3.87. The molecule has 1 amide bonds. The molecule has 2 N–H and O–H groups in total. The predicted octanol–water partition coefficient (Wildman–Crippen LogP) is 2.01. The van der Waals surface area contributed by atoms with E-state index in [-0.39, 0.29) is 18.4 Å². The minimum atomic E-state index is -1.39. The van der Waals surface area contributed by atoms with Crippen molar-refractivity contribution in [3.05, 3.63) is 35.4 Å². The predicted molar refractivity (Wildman–Crippen MR) is 62.2 cm³/mol. The van der Waals surface area contributed by atoms with Crippen molar-refractivity contribution in [3.63, 3.8) is 0 Å². The van der Waals surface area contributed by atoms with Crippen molar-refractivity contribution >= 4 is 11.9 Å². The molecule has 0 bridgehead atoms. The van der Waals surface area contributed by atoms with Crippen LogP contribution in [0.3, 0.4) is 0 Å². The van der Waals surface area contributed by atoms with Crippen molar-refractivity contribution in [2.75, 3.05) is 0 Å². The van der Waals surface area contributed by atoms with Crippen LogP contribution in [0.2, 0.25) is 0 Å². The maximum atomic E-state index is 13.5. The fourth-order valence-corrected chi connectivity index (χ4v) is 1.93. The van der Waals surface area contributed by atoms with Crippen LogP contribution in [0, 0.1) is 17.0 Å². The second-order valence-electron chi connectivity index (χ2n) is 4.73. The molecule has 0 radical (unpaired) electrons. The van der Waals surface area contributed by atoms with Gasteiger partial charge in [0.25, 0.3) is 0 Å². The molecule has 1 unspecified atom stereocenters. The van der Waals surface area contributed by atoms with E-state index < -0.39 is 35.0 Å². The van der Waals surface area contributed by atoms with Gasteiger partial charge in [-0.15, -0.1) is 0 Å². The molecule has 1 aliphatic rings. The van der Waals surface area contributed by atoms with Crippen LogP contribution in [0.4, 0.5) is 8.78 Å². The van der Waals surface area contributed by atoms with Crippen molar-refractivity contribution in [2.24, 2.45) is 5.41 Å². The Morgan fingerprint density at radius 1 is 1.37 bits per heavy atom. The quantitative estimate of drug-likeness (QED) is 0.822. The zero-order chi connectivity index (χ0) is 14.2. The summed E-state index contributed by atoms with van der Waals surface area (Å²) in [6, 6.07) is 2.87. The van der Waals surface area contributed by atoms with Crippen molar-refractivity contribution in [3.8, 4) is 0 Å². The maximum absolute atomic E-state index is 13.5. The number of carbonyl (C=O) groups is 2. The van der Waals surface area contributed by atoms with Gasteiger partial charge in [-0.3, -0.25) is 9.59 Å². The highest BCUT2D eigenvalue weighted by molar-refractivity contribution is 6.04. The van der Waals surface area contributed by atoms with Crippen molar-refractivity contribution in [1.29, 1.82) is 0 Å². The Morgan fingerprint density at radius 2 is 2.00 bits per heavy atom. The van der Waals surface area contributed by atoms with Gasteiger partial charge in [0.2, 0.25) is 5.91 Å². The van der Waals surface area contributed by atoms with E-state index in [2.05, 4.69) is 5.32 Å². The Kier molecular flexibility index (Phi) is 3.26. The Hall–Kier alpha value is -1.98. The van der Waals surface area contributed by atoms with Gasteiger partial charge in [0.1, 0.15) is 5.41 Å². The van der Waals surface area contributed by atoms with Gasteiger partial charge in [-0.25, -0.2) is 8.78 Å². The van der Waals surface area contributed by atoms with Crippen molar-refractivity contribution < 1.29 is 23.5 Å². The normalized spacial score (nSPS) is 17.6. The molecular formula is C13H13F2NO3. The second kappa shape index (κ2) is 4.60. The average Bonchev–Trinajstić information content (AvgIpc) is 3.13. The van der Waals surface area contributed by atoms with E-state index in [1.54, 1.807) is 0 Å². The van der Waals surface area contributed by atoms with Gasteiger partial charge in [-0.2, -0.15) is 0 Å². The van der Waals surface area contributed by atoms with Crippen molar-refractivity contribution in [2.45, 2.75) is 25.8 Å². The zero-order valence-electron chi connectivity index (χ0n) is 10.2. The van der Waals surface area contributed by atoms with E-state index in [9.17, 15) is 18.4 Å². The third-order valence-corrected chi connectivity index (χ3v) is 3.39. The summed E-state index contributed by atoms with van der Waals surface area (Å²) >= 11 is 0. The van der Waals surface area contributed by atoms with Gasteiger partial charge in [0, 0.05) is 5.56 Å². The maximum Gasteiger partial charge on any atom is 0.319 e. The number of benzene rings is 1. The summed E-state index contributed by atoms with van der Waals surface area (Å²) in [6.45, 7) is 1.48. The van der Waals surface area contributed by atoms with Crippen molar-refractivity contribution in [1.82, 2.24) is 5.32 Å². The number of nitrogens with one attached hydrogen (secondary N) is 1. The van der Waals surface area contributed by atoms with E-state index in [1.165, 1.54) is 19.1 Å². The third-order valence-electron chi connectivity index (χ3n) is 3.39. The lowest BCUT2D eigenvalue weighted by atomic mass is 10.0. The van der Waals surface area contributed by atoms with Gasteiger partial charge in [-0.1, -0.05) is 12.1 Å². The van der Waals surface area contributed by atoms with Crippen LogP contribution < -0.4 is 5.32 Å². The second-order valence-corrected chi connectivity index (χ2v) is 4.73. The number of aliphatic carboxylic acids is 1. The molecule has 1 fully saturated rings. The fraction of sp³-hybridized carbons (Fsp3) is 0.385. The number of amides is 1. The lowest BCUT2D eigenvalue weighted by molar-refractivity contribution is -0.149. The Bertz CT molecular complexity index is 541. The largest absolute Gasteiger partial charge is 0.480 e. The molecule has 1 atom stereocenters. The summed E-state index contributed by atoms with van der Waals surface area (Å²) in [4.78, 5) is 22.8. The molecular weight excluding hydrogens is 256 g/mol. The van der Waals surface area contributed by atoms with Crippen LogP contribution >= 0.6 is 0 Å². The summed E-state index contributed by atoms with van der Waals surface area (Å²) in [5.41, 5.74) is -1.40. The summed E-state index contributed by atoms with van der Waals surface area (Å²) in [5, 5.41) is 11.4. The molecule has 1 aliphatic carbocycles. The number of carboxylic acid groups (broad SMARTS) is 1. The zero-order valence-corrected chi connectivity index (χ0v) is 10.2. The minimum Gasteiger partial charge on any atom is -0.480 e. The summed E-state index contributed by atoms with van der Waals surface area (Å²) < 4.78 is 26.6. The standard InChI is InChI=1S/C13H13F2NO3/c1-7(8-3-2-4-9(14)10(8)15)16-11(17)13(5-6-13)12(18)19/h2-4,7H,5-6H2,1H3,(H,16,17)(H,18,19). The van der Waals surface area contributed by atoms with Crippen LogP contribution in [0.1, 0.15) is 31.4 Å². The molecule has 102 valence electrons. The molecule has 0 aliphatic heterocycles. The minimum absolute atomic E-state index is 0.00506. The van der Waals surface area contributed by atoms with Gasteiger partial charge in [0.15, 0.2) is 11.6 Å². The Labute approximate surface area is 108 Å². The van der Waals surface area contributed by atoms with E-state index in [4.69, 9.17) is 5.11 Å². The SMILES string of the molecule is CC(NC(=O)C1(C(=O)O)CC1)c1cccc(F)c1F. The fourth-order valence-electron chi connectivity index (χ4n) is 1.93. The molecule has 2 rings (SSSR count). The first kappa shape index (κ1) is 13.5. The molecule has 0 aromatic heterocycles. The molecule has 4 nitrogen and oxygen atoms in total. The molecule has 1 aromatic rings. The Balaban J connectivity index is 2.14. The van der Waals surface area contributed by atoms with Crippen LogP contribution in [-0.4, -0.2) is 17.0 Å². The molecule has 0 saturated heterocycles. The highest BCUT2D eigenvalue weighted by atomic mass is 19.2. The molecule has 1 aromatic carbocycles. The molecule has 19 heavy (non-hydrogen) atoms. The van der Waals surface area contributed by atoms with Gasteiger partial charge in [-0.05, 0) is 25.8 Å². The molecule has 0 spiro atoms. The van der Waals surface area contributed by atoms with E-state index >= 15 is 0 Å². The number of carboxylic acids is 1. The summed E-state index contributed by atoms with van der Waals surface area (Å²) in [7, 11) is 0. The highest BCUT2D eigenvalue weighted by Crippen LogP contribution is 2.46. The van der Waals surface area contributed by atoms with Crippen LogP contribution in [0.5, 0.6) is 0 Å². The van der Waals surface area contributed by atoms with Gasteiger partial charge < -0.3 is 10.4 Å². The number of carbonyl (C=O) groups excluding carboxylic acids is 1. The molecule has 1 saturated carbocycles. The third kappa shape index (κ3) is 2.30. The van der Waals surface area contributed by atoms with E-state index in [0.29, 0.717) is 0 Å². The molecule has 0 heterocycles. The lowest BCUT2D eigenvalue weighted by Crippen LogP contribution is -2.38. The summed E-state index contributed by atoms with van der Waals surface area (Å²) in [6.07, 6.45) is 0.541. The topological polar surface area (TPSA) is 66.4 Å². The first-order valence-corrected chi connectivity index (χ1v) is 5.87. The van der Waals surface area contributed by atoms with Gasteiger partial charge in [0.05, 0.1) is 6.04 Å². The van der Waals surface area contributed by atoms with Crippen LogP contribution in [0.15, 0.2) is 18.2 Å². The average molecular weight is 269 g/mol. The first-order chi connectivity index (χ1) is 8.88. The smallest absolute Gasteiger partial charge is 0.319 e. The number of rotatable bonds is 4. The first-order valence-electron chi connectivity index (χ1n) is 5.87.